The Kier molecular flexibility index (Phi) is 6.28. The summed E-state index contributed by atoms with van der Waals surface area (Å²) in [5, 5.41) is 7.35. The first-order valence-electron chi connectivity index (χ1n) is 6.21. The molecule has 0 bridgehead atoms. The number of rotatable bonds is 5. The number of carbonyl (C=O) groups is 1. The molecule has 2 N–H and O–H groups in total. The van der Waals surface area contributed by atoms with Gasteiger partial charge >= 0.3 is 0 Å². The maximum atomic E-state index is 12.0. The molecule has 0 aliphatic rings. The van der Waals surface area contributed by atoms with Crippen LogP contribution in [0.2, 0.25) is 0 Å². The van der Waals surface area contributed by atoms with Gasteiger partial charge in [0.15, 0.2) is 0 Å². The van der Waals surface area contributed by atoms with Crippen LogP contribution in [0.5, 0.6) is 0 Å². The van der Waals surface area contributed by atoms with Gasteiger partial charge in [-0.15, -0.1) is 23.7 Å². The zero-order chi connectivity index (χ0) is 13.0. The summed E-state index contributed by atoms with van der Waals surface area (Å²) >= 11 is 1.54. The molecule has 1 heterocycles. The lowest BCUT2D eigenvalue weighted by atomic mass is 10.2. The molecule has 0 saturated heterocycles. The first kappa shape index (κ1) is 16.0. The van der Waals surface area contributed by atoms with Gasteiger partial charge in [-0.3, -0.25) is 4.79 Å². The van der Waals surface area contributed by atoms with Crippen LogP contribution < -0.4 is 10.6 Å². The number of amides is 1. The predicted molar refractivity (Wildman–Crippen MR) is 84.5 cm³/mol. The summed E-state index contributed by atoms with van der Waals surface area (Å²) in [5.41, 5.74) is 0. The van der Waals surface area contributed by atoms with Crippen molar-refractivity contribution >= 4 is 39.7 Å². The molecule has 1 aromatic carbocycles. The summed E-state index contributed by atoms with van der Waals surface area (Å²) in [6.07, 6.45) is 0. The highest BCUT2D eigenvalue weighted by Gasteiger charge is 2.10. The van der Waals surface area contributed by atoms with E-state index < -0.39 is 0 Å². The minimum atomic E-state index is 0. The van der Waals surface area contributed by atoms with Gasteiger partial charge in [0.05, 0.1) is 4.88 Å². The molecule has 0 unspecified atom stereocenters. The molecule has 2 aromatic rings. The first-order valence-corrected chi connectivity index (χ1v) is 7.02. The largest absolute Gasteiger partial charge is 0.350 e. The van der Waals surface area contributed by atoms with Crippen LogP contribution in [0.1, 0.15) is 23.5 Å². The number of thiophene rings is 1. The molecule has 0 aliphatic heterocycles. The zero-order valence-electron chi connectivity index (χ0n) is 11.1. The van der Waals surface area contributed by atoms with E-state index in [1.54, 1.807) is 0 Å². The summed E-state index contributed by atoms with van der Waals surface area (Å²) in [5.74, 6) is 0.0148. The van der Waals surface area contributed by atoms with Crippen LogP contribution in [-0.4, -0.2) is 25.0 Å². The average molecular weight is 299 g/mol. The minimum absolute atomic E-state index is 0. The van der Waals surface area contributed by atoms with Crippen molar-refractivity contribution in [2.45, 2.75) is 19.9 Å². The van der Waals surface area contributed by atoms with Crippen LogP contribution in [-0.2, 0) is 0 Å². The van der Waals surface area contributed by atoms with Gasteiger partial charge in [-0.25, -0.2) is 0 Å². The molecule has 0 spiro atoms. The Hall–Kier alpha value is -1.10. The standard InChI is InChI=1S/C14H18N2OS.ClH/c1-3-15-10(2)9-16-14(17)13-8-11-6-4-5-7-12(11)18-13;/h4-8,10,15H,3,9H2,1-2H3,(H,16,17);1H/t10-;/m1./s1. The molecular formula is C14H19ClN2OS. The molecule has 0 radical (unpaired) electrons. The quantitative estimate of drug-likeness (QED) is 0.891. The highest BCUT2D eigenvalue weighted by atomic mass is 35.5. The van der Waals surface area contributed by atoms with E-state index in [1.165, 1.54) is 11.3 Å². The second kappa shape index (κ2) is 7.48. The summed E-state index contributed by atoms with van der Waals surface area (Å²) in [7, 11) is 0. The SMILES string of the molecule is CCN[C@H](C)CNC(=O)c1cc2ccccc2s1.Cl. The van der Waals surface area contributed by atoms with Crippen molar-refractivity contribution in [3.8, 4) is 0 Å². The smallest absolute Gasteiger partial charge is 0.261 e. The van der Waals surface area contributed by atoms with Gasteiger partial charge in [0, 0.05) is 17.3 Å². The summed E-state index contributed by atoms with van der Waals surface area (Å²) in [4.78, 5) is 12.8. The normalized spacial score (nSPS) is 11.9. The summed E-state index contributed by atoms with van der Waals surface area (Å²) in [6.45, 7) is 5.69. The van der Waals surface area contributed by atoms with Gasteiger partial charge in [-0.05, 0) is 31.0 Å². The Morgan fingerprint density at radius 1 is 1.37 bits per heavy atom. The van der Waals surface area contributed by atoms with Gasteiger partial charge in [-0.2, -0.15) is 0 Å². The Morgan fingerprint density at radius 3 is 2.79 bits per heavy atom. The van der Waals surface area contributed by atoms with Crippen LogP contribution in [0, 0.1) is 0 Å². The van der Waals surface area contributed by atoms with Crippen LogP contribution in [0.25, 0.3) is 10.1 Å². The van der Waals surface area contributed by atoms with Crippen molar-refractivity contribution in [1.82, 2.24) is 10.6 Å². The lowest BCUT2D eigenvalue weighted by Crippen LogP contribution is -2.38. The van der Waals surface area contributed by atoms with Gasteiger partial charge in [0.25, 0.3) is 5.91 Å². The molecule has 3 nitrogen and oxygen atoms in total. The highest BCUT2D eigenvalue weighted by molar-refractivity contribution is 7.20. The molecule has 0 aliphatic carbocycles. The number of fused-ring (bicyclic) bond motifs is 1. The molecule has 1 aromatic heterocycles. The zero-order valence-corrected chi connectivity index (χ0v) is 12.7. The fourth-order valence-corrected chi connectivity index (χ4v) is 2.83. The third-order valence-corrected chi connectivity index (χ3v) is 3.89. The molecule has 5 heteroatoms. The van der Waals surface area contributed by atoms with Crippen LogP contribution in [0.3, 0.4) is 0 Å². The van der Waals surface area contributed by atoms with E-state index in [9.17, 15) is 4.79 Å². The second-order valence-electron chi connectivity index (χ2n) is 4.32. The highest BCUT2D eigenvalue weighted by Crippen LogP contribution is 2.24. The van der Waals surface area contributed by atoms with E-state index in [0.29, 0.717) is 12.6 Å². The van der Waals surface area contributed by atoms with Crippen LogP contribution in [0.15, 0.2) is 30.3 Å². The minimum Gasteiger partial charge on any atom is -0.350 e. The number of hydrogen-bond donors (Lipinski definition) is 2. The van der Waals surface area contributed by atoms with Crippen molar-refractivity contribution in [3.63, 3.8) is 0 Å². The van der Waals surface area contributed by atoms with E-state index in [2.05, 4.69) is 24.5 Å². The number of hydrogen-bond acceptors (Lipinski definition) is 3. The molecule has 2 rings (SSSR count). The maximum Gasteiger partial charge on any atom is 0.261 e. The fourth-order valence-electron chi connectivity index (χ4n) is 1.85. The monoisotopic (exact) mass is 298 g/mol. The Balaban J connectivity index is 0.00000180. The fraction of sp³-hybridized carbons (Fsp3) is 0.357. The number of nitrogens with one attached hydrogen (secondary N) is 2. The topological polar surface area (TPSA) is 41.1 Å². The van der Waals surface area contributed by atoms with Crippen LogP contribution >= 0.6 is 23.7 Å². The Labute approximate surface area is 123 Å². The van der Waals surface area contributed by atoms with Crippen molar-refractivity contribution in [3.05, 3.63) is 35.2 Å². The van der Waals surface area contributed by atoms with Gasteiger partial charge in [0.2, 0.25) is 0 Å². The molecular weight excluding hydrogens is 280 g/mol. The van der Waals surface area contributed by atoms with Crippen LogP contribution in [0.4, 0.5) is 0 Å². The Morgan fingerprint density at radius 2 is 2.11 bits per heavy atom. The third kappa shape index (κ3) is 4.20. The number of likely N-dealkylation sites (N-methyl/N-ethyl adjacent to an activating group) is 1. The maximum absolute atomic E-state index is 12.0. The summed E-state index contributed by atoms with van der Waals surface area (Å²) in [6, 6.07) is 10.3. The molecule has 104 valence electrons. The second-order valence-corrected chi connectivity index (χ2v) is 5.40. The van der Waals surface area contributed by atoms with Gasteiger partial charge in [-0.1, -0.05) is 25.1 Å². The van der Waals surface area contributed by atoms with Crippen molar-refractivity contribution in [2.24, 2.45) is 0 Å². The lowest BCUT2D eigenvalue weighted by molar-refractivity contribution is 0.0954. The van der Waals surface area contributed by atoms with E-state index in [4.69, 9.17) is 0 Å². The first-order chi connectivity index (χ1) is 8.70. The third-order valence-electron chi connectivity index (χ3n) is 2.77. The number of benzene rings is 1. The number of halogens is 1. The van der Waals surface area contributed by atoms with Crippen molar-refractivity contribution in [1.29, 1.82) is 0 Å². The molecule has 1 atom stereocenters. The Bertz CT molecular complexity index is 508. The summed E-state index contributed by atoms with van der Waals surface area (Å²) < 4.78 is 1.15. The molecule has 1 amide bonds. The predicted octanol–water partition coefficient (Wildman–Crippen LogP) is 3.05. The van der Waals surface area contributed by atoms with E-state index in [0.717, 1.165) is 21.5 Å². The van der Waals surface area contributed by atoms with Gasteiger partial charge < -0.3 is 10.6 Å². The number of carbonyl (C=O) groups excluding carboxylic acids is 1. The van der Waals surface area contributed by atoms with Gasteiger partial charge in [0.1, 0.15) is 0 Å². The molecule has 0 fully saturated rings. The lowest BCUT2D eigenvalue weighted by Gasteiger charge is -2.12. The van der Waals surface area contributed by atoms with E-state index >= 15 is 0 Å². The van der Waals surface area contributed by atoms with Crippen molar-refractivity contribution in [2.75, 3.05) is 13.1 Å². The molecule has 19 heavy (non-hydrogen) atoms. The molecule has 0 saturated carbocycles. The van der Waals surface area contributed by atoms with Crippen molar-refractivity contribution < 1.29 is 4.79 Å². The average Bonchev–Trinajstić information content (AvgIpc) is 2.80. The van der Waals surface area contributed by atoms with E-state index in [-0.39, 0.29) is 18.3 Å². The van der Waals surface area contributed by atoms with E-state index in [1.807, 2.05) is 30.3 Å².